The van der Waals surface area contributed by atoms with Crippen LogP contribution in [0.3, 0.4) is 0 Å². The van der Waals surface area contributed by atoms with Gasteiger partial charge < -0.3 is 9.57 Å². The Morgan fingerprint density at radius 1 is 0.967 bits per heavy atom. The van der Waals surface area contributed by atoms with Crippen LogP contribution in [0.4, 0.5) is 8.78 Å². The predicted molar refractivity (Wildman–Crippen MR) is 113 cm³/mol. The summed E-state index contributed by atoms with van der Waals surface area (Å²) in [7, 11) is 1.59. The number of rotatable bonds is 7. The van der Waals surface area contributed by atoms with Gasteiger partial charge in [0.25, 0.3) is 0 Å². The molecule has 0 saturated heterocycles. The molecule has 2 aromatic rings. The van der Waals surface area contributed by atoms with Crippen molar-refractivity contribution in [1.82, 2.24) is 0 Å². The highest BCUT2D eigenvalue weighted by Gasteiger charge is 2.45. The minimum Gasteiger partial charge on any atom is -0.399 e. The molecule has 0 spiro atoms. The molecule has 3 nitrogen and oxygen atoms in total. The molecule has 0 amide bonds. The van der Waals surface area contributed by atoms with E-state index < -0.39 is 6.10 Å². The Hall–Kier alpha value is -2.27. The van der Waals surface area contributed by atoms with E-state index >= 15 is 0 Å². The molecule has 0 N–H and O–H groups in total. The zero-order valence-corrected chi connectivity index (χ0v) is 17.6. The molecule has 0 aromatic heterocycles. The van der Waals surface area contributed by atoms with Crippen molar-refractivity contribution in [3.8, 4) is 0 Å². The number of fused-ring (bicyclic) bond motifs is 2. The number of oxime groups is 1. The second kappa shape index (κ2) is 9.25. The maximum absolute atomic E-state index is 13.6. The van der Waals surface area contributed by atoms with E-state index in [0.29, 0.717) is 11.8 Å². The molecule has 2 aromatic carbocycles. The van der Waals surface area contributed by atoms with E-state index in [-0.39, 0.29) is 23.7 Å². The Bertz CT molecular complexity index is 820. The van der Waals surface area contributed by atoms with Gasteiger partial charge in [0.2, 0.25) is 0 Å². The van der Waals surface area contributed by atoms with Crippen molar-refractivity contribution in [3.63, 3.8) is 0 Å². The van der Waals surface area contributed by atoms with Gasteiger partial charge in [0.05, 0.1) is 11.8 Å². The summed E-state index contributed by atoms with van der Waals surface area (Å²) in [4.78, 5) is 5.15. The van der Waals surface area contributed by atoms with Crippen molar-refractivity contribution in [3.05, 3.63) is 71.3 Å². The molecule has 30 heavy (non-hydrogen) atoms. The van der Waals surface area contributed by atoms with Crippen molar-refractivity contribution in [2.24, 2.45) is 22.9 Å². The lowest BCUT2D eigenvalue weighted by atomic mass is 9.74. The average Bonchev–Trinajstić information content (AvgIpc) is 3.14. The lowest BCUT2D eigenvalue weighted by Crippen LogP contribution is -2.40. The Morgan fingerprint density at radius 2 is 1.57 bits per heavy atom. The van der Waals surface area contributed by atoms with Crippen molar-refractivity contribution in [2.45, 2.75) is 51.2 Å². The average molecular weight is 414 g/mol. The lowest BCUT2D eigenvalue weighted by Gasteiger charge is -2.39. The van der Waals surface area contributed by atoms with Crippen LogP contribution in [0.2, 0.25) is 0 Å². The second-order valence-corrected chi connectivity index (χ2v) is 8.48. The zero-order chi connectivity index (χ0) is 21.1. The van der Waals surface area contributed by atoms with Crippen molar-refractivity contribution >= 4 is 5.71 Å². The molecular weight excluding hydrogens is 384 g/mol. The molecular formula is C25H29F2NO2. The third-order valence-corrected chi connectivity index (χ3v) is 6.67. The summed E-state index contributed by atoms with van der Waals surface area (Å²) < 4.78 is 33.9. The van der Waals surface area contributed by atoms with Gasteiger partial charge in [-0.05, 0) is 72.9 Å². The molecule has 2 saturated carbocycles. The first-order valence-corrected chi connectivity index (χ1v) is 10.8. The summed E-state index contributed by atoms with van der Waals surface area (Å²) in [6.07, 6.45) is 5.02. The first-order chi connectivity index (χ1) is 14.6. The highest BCUT2D eigenvalue weighted by atomic mass is 19.1. The molecule has 5 heteroatoms. The molecule has 4 atom stereocenters. The van der Waals surface area contributed by atoms with E-state index in [9.17, 15) is 8.78 Å². The summed E-state index contributed by atoms with van der Waals surface area (Å²) in [6, 6.07) is 12.8. The van der Waals surface area contributed by atoms with Crippen LogP contribution in [0.15, 0.2) is 53.7 Å². The molecule has 0 radical (unpaired) electrons. The van der Waals surface area contributed by atoms with Crippen molar-refractivity contribution < 1.29 is 18.4 Å². The summed E-state index contributed by atoms with van der Waals surface area (Å²) >= 11 is 0. The van der Waals surface area contributed by atoms with E-state index in [4.69, 9.17) is 9.57 Å². The van der Waals surface area contributed by atoms with Gasteiger partial charge in [0.1, 0.15) is 24.8 Å². The lowest BCUT2D eigenvalue weighted by molar-refractivity contribution is -0.0466. The quantitative estimate of drug-likeness (QED) is 0.395. The number of hydrogen-bond donors (Lipinski definition) is 0. The fourth-order valence-corrected chi connectivity index (χ4v) is 5.34. The monoisotopic (exact) mass is 413 g/mol. The first-order valence-electron chi connectivity index (χ1n) is 10.8. The molecule has 4 rings (SSSR count). The third-order valence-electron chi connectivity index (χ3n) is 6.67. The van der Waals surface area contributed by atoms with E-state index in [0.717, 1.165) is 29.7 Å². The van der Waals surface area contributed by atoms with Crippen LogP contribution in [0.5, 0.6) is 0 Å². The van der Waals surface area contributed by atoms with Crippen molar-refractivity contribution in [2.75, 3.05) is 7.11 Å². The van der Waals surface area contributed by atoms with Gasteiger partial charge in [0.15, 0.2) is 0 Å². The van der Waals surface area contributed by atoms with Gasteiger partial charge in [-0.25, -0.2) is 8.78 Å². The molecule has 2 fully saturated rings. The molecule has 0 aliphatic heterocycles. The molecule has 2 aliphatic carbocycles. The minimum atomic E-state index is -0.392. The number of halogens is 2. The first kappa shape index (κ1) is 21.0. The van der Waals surface area contributed by atoms with Crippen LogP contribution in [-0.2, 0) is 9.57 Å². The standard InChI is InChI=1S/C25H29F2NO2/c1-3-22(28-29-2)24-19-5-4-16(14-19)15-23(24)30-25(17-6-10-20(26)11-7-17)18-8-12-21(27)13-9-18/h6-13,16,19,23-25H,3-5,14-15H2,1-2H3/t16?,19-,23+,24-/m0/s1. The van der Waals surface area contributed by atoms with Crippen LogP contribution in [-0.4, -0.2) is 18.9 Å². The maximum atomic E-state index is 13.6. The fourth-order valence-electron chi connectivity index (χ4n) is 5.34. The summed E-state index contributed by atoms with van der Waals surface area (Å²) in [6.45, 7) is 2.10. The highest BCUT2D eigenvalue weighted by molar-refractivity contribution is 5.87. The Morgan fingerprint density at radius 3 is 2.10 bits per heavy atom. The summed E-state index contributed by atoms with van der Waals surface area (Å²) in [5.74, 6) is 0.845. The van der Waals surface area contributed by atoms with Crippen LogP contribution in [0.25, 0.3) is 0 Å². The minimum absolute atomic E-state index is 0.00907. The van der Waals surface area contributed by atoms with E-state index in [1.165, 1.54) is 43.5 Å². The van der Waals surface area contributed by atoms with Gasteiger partial charge in [-0.2, -0.15) is 0 Å². The predicted octanol–water partition coefficient (Wildman–Crippen LogP) is 6.29. The smallest absolute Gasteiger partial charge is 0.123 e. The van der Waals surface area contributed by atoms with Gasteiger partial charge in [-0.1, -0.05) is 42.8 Å². The van der Waals surface area contributed by atoms with Gasteiger partial charge in [0, 0.05) is 5.92 Å². The number of benzene rings is 2. The van der Waals surface area contributed by atoms with Crippen LogP contribution in [0.1, 0.15) is 56.3 Å². The van der Waals surface area contributed by atoms with E-state index in [1.54, 1.807) is 31.4 Å². The van der Waals surface area contributed by atoms with Gasteiger partial charge in [-0.3, -0.25) is 0 Å². The van der Waals surface area contributed by atoms with E-state index in [2.05, 4.69) is 12.1 Å². The molecule has 2 aliphatic rings. The van der Waals surface area contributed by atoms with Gasteiger partial charge >= 0.3 is 0 Å². The normalized spacial score (nSPS) is 26.2. The Balaban J connectivity index is 1.68. The summed E-state index contributed by atoms with van der Waals surface area (Å²) in [5.41, 5.74) is 2.77. The third kappa shape index (κ3) is 4.41. The Labute approximate surface area is 177 Å². The van der Waals surface area contributed by atoms with Gasteiger partial charge in [-0.15, -0.1) is 0 Å². The number of nitrogens with zero attached hydrogens (tertiary/aromatic N) is 1. The van der Waals surface area contributed by atoms with E-state index in [1.807, 2.05) is 0 Å². The highest BCUT2D eigenvalue weighted by Crippen LogP contribution is 2.49. The van der Waals surface area contributed by atoms with Crippen LogP contribution in [0, 0.1) is 29.4 Å². The van der Waals surface area contributed by atoms with Crippen LogP contribution < -0.4 is 0 Å². The Kier molecular flexibility index (Phi) is 6.47. The fraction of sp³-hybridized carbons (Fsp3) is 0.480. The maximum Gasteiger partial charge on any atom is 0.123 e. The second-order valence-electron chi connectivity index (χ2n) is 8.48. The summed E-state index contributed by atoms with van der Waals surface area (Å²) in [5, 5.41) is 4.35. The topological polar surface area (TPSA) is 30.8 Å². The molecule has 160 valence electrons. The zero-order valence-electron chi connectivity index (χ0n) is 17.6. The van der Waals surface area contributed by atoms with Crippen molar-refractivity contribution in [1.29, 1.82) is 0 Å². The van der Waals surface area contributed by atoms with Crippen LogP contribution >= 0.6 is 0 Å². The molecule has 0 heterocycles. The number of hydrogen-bond acceptors (Lipinski definition) is 3. The SMILES string of the molecule is CCC(=NOC)[C@@H]1[C@H]2CCC(C2)C[C@H]1OC(c1ccc(F)cc1)c1ccc(F)cc1. The largest absolute Gasteiger partial charge is 0.399 e. The molecule has 2 bridgehead atoms. The molecule has 1 unspecified atom stereocenters. The number of ether oxygens (including phenoxy) is 1.